The number of nitrogens with zero attached hydrogens (tertiary/aromatic N) is 4. The van der Waals surface area contributed by atoms with Gasteiger partial charge in [0.1, 0.15) is 0 Å². The number of piperidine rings is 1. The summed E-state index contributed by atoms with van der Waals surface area (Å²) in [4.78, 5) is 25.4. The fourth-order valence-corrected chi connectivity index (χ4v) is 5.10. The molecule has 0 spiro atoms. The third kappa shape index (κ3) is 4.78. The van der Waals surface area contributed by atoms with Crippen molar-refractivity contribution in [1.29, 1.82) is 0 Å². The molecular weight excluding hydrogens is 502 g/mol. The summed E-state index contributed by atoms with van der Waals surface area (Å²) in [6.45, 7) is 2.18. The SMILES string of the molecule is COc1ccc(C2CN=C3C(Nc4ccc(C(=O)N5CCC(CN)CC5)c(Cl)c4)=NC=CN32)c(F)c1F. The number of fused-ring (bicyclic) bond motifs is 1. The first-order valence-electron chi connectivity index (χ1n) is 12.1. The van der Waals surface area contributed by atoms with Crippen LogP contribution in [0, 0.1) is 17.6 Å². The maximum absolute atomic E-state index is 14.8. The van der Waals surface area contributed by atoms with Crippen molar-refractivity contribution in [3.05, 3.63) is 70.5 Å². The van der Waals surface area contributed by atoms with Crippen molar-refractivity contribution in [1.82, 2.24) is 9.80 Å². The number of amides is 1. The Morgan fingerprint density at radius 2 is 2.00 bits per heavy atom. The zero-order chi connectivity index (χ0) is 26.1. The maximum atomic E-state index is 14.8. The normalized spacial score (nSPS) is 19.4. The summed E-state index contributed by atoms with van der Waals surface area (Å²) >= 11 is 6.50. The van der Waals surface area contributed by atoms with Gasteiger partial charge in [0.15, 0.2) is 23.2 Å². The van der Waals surface area contributed by atoms with Crippen LogP contribution in [0.25, 0.3) is 0 Å². The van der Waals surface area contributed by atoms with Crippen molar-refractivity contribution < 1.29 is 18.3 Å². The van der Waals surface area contributed by atoms with Gasteiger partial charge in [-0.2, -0.15) is 4.39 Å². The Labute approximate surface area is 218 Å². The minimum atomic E-state index is -1.03. The Kier molecular flexibility index (Phi) is 7.12. The highest BCUT2D eigenvalue weighted by atomic mass is 35.5. The lowest BCUT2D eigenvalue weighted by Gasteiger charge is -2.31. The van der Waals surface area contributed by atoms with E-state index in [-0.39, 0.29) is 23.8 Å². The van der Waals surface area contributed by atoms with E-state index < -0.39 is 17.7 Å². The van der Waals surface area contributed by atoms with Gasteiger partial charge in [-0.3, -0.25) is 9.79 Å². The highest BCUT2D eigenvalue weighted by molar-refractivity contribution is 6.46. The Hall–Kier alpha value is -3.50. The first-order valence-corrected chi connectivity index (χ1v) is 12.4. The number of anilines is 1. The van der Waals surface area contributed by atoms with Crippen molar-refractivity contribution in [2.24, 2.45) is 21.6 Å². The number of hydrogen-bond donors (Lipinski definition) is 2. The van der Waals surface area contributed by atoms with E-state index in [0.717, 1.165) is 12.8 Å². The second-order valence-corrected chi connectivity index (χ2v) is 9.55. The topological polar surface area (TPSA) is 95.5 Å². The molecule has 2 aromatic carbocycles. The molecule has 194 valence electrons. The number of rotatable bonds is 5. The molecule has 0 radical (unpaired) electrons. The van der Waals surface area contributed by atoms with Gasteiger partial charge in [-0.05, 0) is 49.6 Å². The average molecular weight is 529 g/mol. The van der Waals surface area contributed by atoms with Gasteiger partial charge in [0.2, 0.25) is 5.82 Å². The average Bonchev–Trinajstić information content (AvgIpc) is 3.35. The van der Waals surface area contributed by atoms with Crippen LogP contribution >= 0.6 is 11.6 Å². The van der Waals surface area contributed by atoms with Crippen LogP contribution in [0.5, 0.6) is 5.75 Å². The molecule has 3 heterocycles. The van der Waals surface area contributed by atoms with Gasteiger partial charge in [-0.25, -0.2) is 9.38 Å². The number of amidine groups is 2. The van der Waals surface area contributed by atoms with E-state index in [2.05, 4.69) is 15.3 Å². The molecule has 5 rings (SSSR count). The van der Waals surface area contributed by atoms with Crippen molar-refractivity contribution in [2.45, 2.75) is 18.9 Å². The smallest absolute Gasteiger partial charge is 0.255 e. The Morgan fingerprint density at radius 1 is 1.22 bits per heavy atom. The molecule has 1 amide bonds. The third-order valence-electron chi connectivity index (χ3n) is 6.99. The number of halogens is 3. The van der Waals surface area contributed by atoms with E-state index in [1.54, 1.807) is 35.5 Å². The molecule has 1 unspecified atom stereocenters. The Morgan fingerprint density at radius 3 is 2.70 bits per heavy atom. The number of carbonyl (C=O) groups is 1. The molecule has 2 aromatic rings. The largest absolute Gasteiger partial charge is 0.494 e. The molecule has 1 saturated heterocycles. The molecule has 3 aliphatic heterocycles. The van der Waals surface area contributed by atoms with Crippen LogP contribution in [0.2, 0.25) is 5.02 Å². The number of carbonyl (C=O) groups excluding carboxylic acids is 1. The summed E-state index contributed by atoms with van der Waals surface area (Å²) in [6, 6.07) is 7.47. The minimum Gasteiger partial charge on any atom is -0.494 e. The highest BCUT2D eigenvalue weighted by Crippen LogP contribution is 2.34. The first-order chi connectivity index (χ1) is 17.9. The van der Waals surface area contributed by atoms with E-state index in [1.807, 2.05) is 4.90 Å². The van der Waals surface area contributed by atoms with Crippen LogP contribution in [-0.4, -0.2) is 60.7 Å². The Balaban J connectivity index is 1.29. The van der Waals surface area contributed by atoms with Gasteiger partial charge in [-0.1, -0.05) is 17.7 Å². The number of likely N-dealkylation sites (tertiary alicyclic amines) is 1. The number of ether oxygens (including phenoxy) is 1. The van der Waals surface area contributed by atoms with E-state index >= 15 is 0 Å². The molecule has 0 saturated carbocycles. The van der Waals surface area contributed by atoms with Crippen molar-refractivity contribution in [3.63, 3.8) is 0 Å². The summed E-state index contributed by atoms with van der Waals surface area (Å²) in [7, 11) is 1.29. The summed E-state index contributed by atoms with van der Waals surface area (Å²) in [5, 5.41) is 3.50. The van der Waals surface area contributed by atoms with Crippen LogP contribution < -0.4 is 15.8 Å². The quantitative estimate of drug-likeness (QED) is 0.607. The van der Waals surface area contributed by atoms with E-state index in [0.29, 0.717) is 53.5 Å². The molecule has 0 aromatic heterocycles. The van der Waals surface area contributed by atoms with E-state index in [9.17, 15) is 13.6 Å². The number of aliphatic imine (C=N–C) groups is 2. The highest BCUT2D eigenvalue weighted by Gasteiger charge is 2.35. The number of hydrogen-bond acceptors (Lipinski definition) is 7. The number of nitrogens with one attached hydrogen (secondary N) is 1. The zero-order valence-electron chi connectivity index (χ0n) is 20.3. The molecule has 0 aliphatic carbocycles. The van der Waals surface area contributed by atoms with Gasteiger partial charge in [0, 0.05) is 36.7 Å². The molecule has 1 fully saturated rings. The van der Waals surface area contributed by atoms with Gasteiger partial charge >= 0.3 is 0 Å². The van der Waals surface area contributed by atoms with Crippen LogP contribution in [-0.2, 0) is 0 Å². The van der Waals surface area contributed by atoms with Crippen LogP contribution in [0.3, 0.4) is 0 Å². The van der Waals surface area contributed by atoms with Gasteiger partial charge in [0.05, 0.1) is 30.3 Å². The minimum absolute atomic E-state index is 0.104. The standard InChI is InChI=1S/C26H27ClF2N6O2/c1-37-21-5-4-18(22(28)23(21)29)20-14-32-25-24(31-8-11-35(20)25)33-16-2-3-17(19(27)12-16)26(36)34-9-6-15(13-30)7-10-34/h2-5,8,11-12,15,20H,6-7,9-10,13-14,30H2,1H3,(H,31,33). The molecule has 3 N–H and O–H groups in total. The molecule has 1 atom stereocenters. The number of nitrogens with two attached hydrogens (primary N) is 1. The summed E-state index contributed by atoms with van der Waals surface area (Å²) < 4.78 is 34.0. The molecular formula is C26H27ClF2N6O2. The van der Waals surface area contributed by atoms with E-state index in [1.165, 1.54) is 19.2 Å². The lowest BCUT2D eigenvalue weighted by molar-refractivity contribution is 0.0693. The van der Waals surface area contributed by atoms with Crippen molar-refractivity contribution in [3.8, 4) is 5.75 Å². The summed E-state index contributed by atoms with van der Waals surface area (Å²) in [5.41, 5.74) is 6.97. The number of benzene rings is 2. The second kappa shape index (κ2) is 10.5. The molecule has 8 nitrogen and oxygen atoms in total. The van der Waals surface area contributed by atoms with Gasteiger partial charge in [-0.15, -0.1) is 0 Å². The lowest BCUT2D eigenvalue weighted by atomic mass is 9.96. The predicted octanol–water partition coefficient (Wildman–Crippen LogP) is 4.19. The van der Waals surface area contributed by atoms with Crippen molar-refractivity contribution in [2.75, 3.05) is 38.6 Å². The molecule has 37 heavy (non-hydrogen) atoms. The monoisotopic (exact) mass is 528 g/mol. The molecule has 11 heteroatoms. The molecule has 0 bridgehead atoms. The maximum Gasteiger partial charge on any atom is 0.255 e. The van der Waals surface area contributed by atoms with Crippen LogP contribution in [0.1, 0.15) is 34.8 Å². The number of methoxy groups -OCH3 is 1. The second-order valence-electron chi connectivity index (χ2n) is 9.14. The van der Waals surface area contributed by atoms with Gasteiger partial charge in [0.25, 0.3) is 5.91 Å². The zero-order valence-corrected chi connectivity index (χ0v) is 21.0. The Bertz CT molecular complexity index is 1310. The lowest BCUT2D eigenvalue weighted by Crippen LogP contribution is -2.40. The van der Waals surface area contributed by atoms with Crippen LogP contribution in [0.4, 0.5) is 14.5 Å². The van der Waals surface area contributed by atoms with E-state index in [4.69, 9.17) is 22.1 Å². The van der Waals surface area contributed by atoms with Crippen molar-refractivity contribution >= 4 is 34.9 Å². The summed E-state index contributed by atoms with van der Waals surface area (Å²) in [5.74, 6) is -0.889. The fourth-order valence-electron chi connectivity index (χ4n) is 4.84. The fraction of sp³-hybridized carbons (Fsp3) is 0.346. The predicted molar refractivity (Wildman–Crippen MR) is 139 cm³/mol. The van der Waals surface area contributed by atoms with Gasteiger partial charge < -0.3 is 25.6 Å². The first kappa shape index (κ1) is 25.2. The van der Waals surface area contributed by atoms with Crippen LogP contribution in [0.15, 0.2) is 52.7 Å². The third-order valence-corrected chi connectivity index (χ3v) is 7.30. The summed E-state index contributed by atoms with van der Waals surface area (Å²) in [6.07, 6.45) is 5.01. The molecule has 3 aliphatic rings.